The molecule has 1 heterocycles. The summed E-state index contributed by atoms with van der Waals surface area (Å²) >= 11 is 0. The van der Waals surface area contributed by atoms with Crippen molar-refractivity contribution in [3.63, 3.8) is 0 Å². The minimum atomic E-state index is -5.46. The maximum Gasteiger partial charge on any atom is 0.573 e. The highest BCUT2D eigenvalue weighted by Gasteiger charge is 2.42. The van der Waals surface area contributed by atoms with Gasteiger partial charge >= 0.3 is 12.5 Å². The molecule has 0 atom stereocenters. The molecular weight excluding hydrogens is 304 g/mol. The number of halogens is 8. The van der Waals surface area contributed by atoms with E-state index in [1.165, 1.54) is 0 Å². The van der Waals surface area contributed by atoms with Crippen molar-refractivity contribution in [3.05, 3.63) is 23.0 Å². The van der Waals surface area contributed by atoms with E-state index in [4.69, 9.17) is 5.73 Å². The van der Waals surface area contributed by atoms with Gasteiger partial charge in [0, 0.05) is 12.7 Å². The zero-order valence-electron chi connectivity index (χ0n) is 9.32. The highest BCUT2D eigenvalue weighted by atomic mass is 19.4. The van der Waals surface area contributed by atoms with Crippen LogP contribution in [0.25, 0.3) is 0 Å². The third-order valence-corrected chi connectivity index (χ3v) is 2.08. The van der Waals surface area contributed by atoms with Crippen LogP contribution < -0.4 is 10.5 Å². The first-order valence-electron chi connectivity index (χ1n) is 4.80. The van der Waals surface area contributed by atoms with Gasteiger partial charge in [-0.2, -0.15) is 13.2 Å². The first-order chi connectivity index (χ1) is 8.97. The highest BCUT2D eigenvalue weighted by molar-refractivity contribution is 5.44. The molecule has 0 aliphatic heterocycles. The maximum absolute atomic E-state index is 12.7. The van der Waals surface area contributed by atoms with Gasteiger partial charge < -0.3 is 10.5 Å². The molecule has 11 heteroatoms. The molecule has 3 nitrogen and oxygen atoms in total. The van der Waals surface area contributed by atoms with Gasteiger partial charge in [-0.05, 0) is 0 Å². The topological polar surface area (TPSA) is 48.1 Å². The van der Waals surface area contributed by atoms with E-state index in [1.807, 2.05) is 0 Å². The smallest absolute Gasteiger partial charge is 0.403 e. The summed E-state index contributed by atoms with van der Waals surface area (Å²) in [6.07, 6.45) is -14.6. The second-order valence-corrected chi connectivity index (χ2v) is 3.41. The molecule has 1 rings (SSSR count). The molecule has 1 aromatic rings. The Labute approximate surface area is 106 Å². The molecule has 0 aliphatic rings. The third kappa shape index (κ3) is 3.68. The molecule has 0 saturated heterocycles. The van der Waals surface area contributed by atoms with E-state index in [0.29, 0.717) is 0 Å². The summed E-state index contributed by atoms with van der Waals surface area (Å²) in [7, 11) is 0. The minimum Gasteiger partial charge on any atom is -0.403 e. The summed E-state index contributed by atoms with van der Waals surface area (Å²) in [5, 5.41) is 0. The van der Waals surface area contributed by atoms with Crippen LogP contribution in [-0.4, -0.2) is 11.3 Å². The van der Waals surface area contributed by atoms with E-state index in [2.05, 4.69) is 9.72 Å². The van der Waals surface area contributed by atoms with Crippen LogP contribution >= 0.6 is 0 Å². The third-order valence-electron chi connectivity index (χ3n) is 2.08. The Morgan fingerprint density at radius 1 is 1.15 bits per heavy atom. The van der Waals surface area contributed by atoms with E-state index in [9.17, 15) is 35.1 Å². The highest BCUT2D eigenvalue weighted by Crippen LogP contribution is 2.43. The first kappa shape index (κ1) is 16.4. The van der Waals surface area contributed by atoms with Crippen LogP contribution in [0.4, 0.5) is 35.1 Å². The Hall–Kier alpha value is -1.65. The monoisotopic (exact) mass is 310 g/mol. The number of hydrogen-bond acceptors (Lipinski definition) is 3. The van der Waals surface area contributed by atoms with Gasteiger partial charge in [-0.25, -0.2) is 8.78 Å². The fourth-order valence-electron chi connectivity index (χ4n) is 1.37. The van der Waals surface area contributed by atoms with Crippen molar-refractivity contribution in [2.75, 3.05) is 0 Å². The Bertz CT molecular complexity index is 482. The van der Waals surface area contributed by atoms with E-state index >= 15 is 0 Å². The summed E-state index contributed by atoms with van der Waals surface area (Å²) in [6, 6.07) is 0. The standard InChI is InChI=1S/C9H6F8N2O/c10-7(11)5-3(8(12,13)14)2-19-4(1-18)6(5)20-9(15,16)17/h2,7H,1,18H2. The molecule has 1 aromatic heterocycles. The van der Waals surface area contributed by atoms with Gasteiger partial charge in [0.15, 0.2) is 5.75 Å². The number of rotatable bonds is 3. The van der Waals surface area contributed by atoms with Gasteiger partial charge in [0.2, 0.25) is 0 Å². The summed E-state index contributed by atoms with van der Waals surface area (Å²) in [5.74, 6) is -1.72. The number of aromatic nitrogens is 1. The van der Waals surface area contributed by atoms with E-state index in [1.54, 1.807) is 0 Å². The number of hydrogen-bond donors (Lipinski definition) is 1. The first-order valence-corrected chi connectivity index (χ1v) is 4.80. The predicted molar refractivity (Wildman–Crippen MR) is 48.8 cm³/mol. The summed E-state index contributed by atoms with van der Waals surface area (Å²) < 4.78 is 103. The van der Waals surface area contributed by atoms with E-state index in [0.717, 1.165) is 0 Å². The number of pyridine rings is 1. The fraction of sp³-hybridized carbons (Fsp3) is 0.444. The molecule has 0 unspecified atom stereocenters. The van der Waals surface area contributed by atoms with Crippen molar-refractivity contribution in [2.24, 2.45) is 5.73 Å². The minimum absolute atomic E-state index is 0.00702. The van der Waals surface area contributed by atoms with Crippen molar-refractivity contribution < 1.29 is 39.9 Å². The average molecular weight is 310 g/mol. The lowest BCUT2D eigenvalue weighted by Crippen LogP contribution is -2.23. The zero-order valence-corrected chi connectivity index (χ0v) is 9.32. The van der Waals surface area contributed by atoms with Crippen molar-refractivity contribution in [2.45, 2.75) is 25.5 Å². The SMILES string of the molecule is NCc1ncc(C(F)(F)F)c(C(F)F)c1OC(F)(F)F. The van der Waals surface area contributed by atoms with Gasteiger partial charge in [-0.3, -0.25) is 4.98 Å². The number of nitrogens with two attached hydrogens (primary N) is 1. The van der Waals surface area contributed by atoms with Gasteiger partial charge in [0.25, 0.3) is 6.43 Å². The molecule has 0 spiro atoms. The maximum atomic E-state index is 12.7. The van der Waals surface area contributed by atoms with Crippen molar-refractivity contribution in [1.29, 1.82) is 0 Å². The van der Waals surface area contributed by atoms with Crippen molar-refractivity contribution >= 4 is 0 Å². The second-order valence-electron chi connectivity index (χ2n) is 3.41. The molecule has 0 fully saturated rings. The van der Waals surface area contributed by atoms with Gasteiger partial charge in [-0.1, -0.05) is 0 Å². The number of alkyl halides is 8. The molecule has 0 aromatic carbocycles. The molecule has 0 amide bonds. The van der Waals surface area contributed by atoms with Crippen LogP contribution in [0.1, 0.15) is 23.2 Å². The normalized spacial score (nSPS) is 12.9. The summed E-state index contributed by atoms with van der Waals surface area (Å²) in [6.45, 7) is -0.802. The van der Waals surface area contributed by atoms with Crippen LogP contribution in [0.15, 0.2) is 6.20 Å². The van der Waals surface area contributed by atoms with E-state index < -0.39 is 48.1 Å². The molecular formula is C9H6F8N2O. The summed E-state index contributed by atoms with van der Waals surface area (Å²) in [5.41, 5.74) is 0.156. The van der Waals surface area contributed by atoms with Gasteiger partial charge in [0.05, 0.1) is 16.8 Å². The van der Waals surface area contributed by atoms with Crippen LogP contribution in [0.2, 0.25) is 0 Å². The predicted octanol–water partition coefficient (Wildman–Crippen LogP) is 3.40. The lowest BCUT2D eigenvalue weighted by Gasteiger charge is -2.19. The zero-order chi connectivity index (χ0) is 15.7. The van der Waals surface area contributed by atoms with Crippen LogP contribution in [-0.2, 0) is 12.7 Å². The molecule has 0 bridgehead atoms. The lowest BCUT2D eigenvalue weighted by molar-refractivity contribution is -0.275. The molecule has 20 heavy (non-hydrogen) atoms. The van der Waals surface area contributed by atoms with Crippen LogP contribution in [0.5, 0.6) is 5.75 Å². The van der Waals surface area contributed by atoms with Crippen molar-refractivity contribution in [1.82, 2.24) is 4.98 Å². The van der Waals surface area contributed by atoms with Crippen LogP contribution in [0, 0.1) is 0 Å². The average Bonchev–Trinajstić information content (AvgIpc) is 2.24. The summed E-state index contributed by atoms with van der Waals surface area (Å²) in [4.78, 5) is 2.99. The van der Waals surface area contributed by atoms with Crippen molar-refractivity contribution in [3.8, 4) is 5.75 Å². The van der Waals surface area contributed by atoms with Crippen LogP contribution in [0.3, 0.4) is 0 Å². The Balaban J connectivity index is 3.58. The quantitative estimate of drug-likeness (QED) is 0.871. The van der Waals surface area contributed by atoms with Gasteiger partial charge in [0.1, 0.15) is 0 Å². The molecule has 0 saturated carbocycles. The Kier molecular flexibility index (Phi) is 4.42. The largest absolute Gasteiger partial charge is 0.573 e. The molecule has 114 valence electrons. The molecule has 0 radical (unpaired) electrons. The van der Waals surface area contributed by atoms with Gasteiger partial charge in [-0.15, -0.1) is 13.2 Å². The second kappa shape index (κ2) is 5.38. The fourth-order valence-corrected chi connectivity index (χ4v) is 1.37. The lowest BCUT2D eigenvalue weighted by atomic mass is 10.1. The molecule has 0 aliphatic carbocycles. The Morgan fingerprint density at radius 2 is 1.70 bits per heavy atom. The Morgan fingerprint density at radius 3 is 2.05 bits per heavy atom. The van der Waals surface area contributed by atoms with E-state index in [-0.39, 0.29) is 6.20 Å². The molecule has 2 N–H and O–H groups in total. The number of nitrogens with zero attached hydrogens (tertiary/aromatic N) is 1. The number of ether oxygens (including phenoxy) is 1.